The summed E-state index contributed by atoms with van der Waals surface area (Å²) in [5.41, 5.74) is 0.151. The molecular formula is C14H18N6O3S. The van der Waals surface area contributed by atoms with Crippen molar-refractivity contribution in [1.29, 1.82) is 0 Å². The van der Waals surface area contributed by atoms with Crippen molar-refractivity contribution in [1.82, 2.24) is 25.0 Å². The molecule has 0 radical (unpaired) electrons. The number of aryl methyl sites for hydroxylation is 1. The number of nitro benzene ring substituents is 1. The molecule has 0 unspecified atom stereocenters. The third-order valence-electron chi connectivity index (χ3n) is 3.32. The molecule has 1 heterocycles. The number of carbonyl (C=O) groups excluding carboxylic acids is 1. The molecule has 0 bridgehead atoms. The minimum Gasteiger partial charge on any atom is -0.340 e. The number of benzene rings is 1. The summed E-state index contributed by atoms with van der Waals surface area (Å²) in [6.45, 7) is 1.16. The average Bonchev–Trinajstić information content (AvgIpc) is 2.97. The zero-order valence-electron chi connectivity index (χ0n) is 13.6. The molecule has 0 aliphatic carbocycles. The van der Waals surface area contributed by atoms with Crippen molar-refractivity contribution < 1.29 is 9.72 Å². The van der Waals surface area contributed by atoms with Gasteiger partial charge in [0.1, 0.15) is 6.33 Å². The largest absolute Gasteiger partial charge is 0.340 e. The average molecular weight is 350 g/mol. The van der Waals surface area contributed by atoms with E-state index >= 15 is 0 Å². The van der Waals surface area contributed by atoms with E-state index in [2.05, 4.69) is 15.5 Å². The first kappa shape index (κ1) is 17.9. The van der Waals surface area contributed by atoms with Crippen molar-refractivity contribution in [2.45, 2.75) is 10.1 Å². The fraction of sp³-hybridized carbons (Fsp3) is 0.357. The number of carbonyl (C=O) groups is 1. The third-order valence-corrected chi connectivity index (χ3v) is 4.43. The molecule has 0 aliphatic heterocycles. The Bertz CT molecular complexity index is 748. The van der Waals surface area contributed by atoms with Gasteiger partial charge in [0.2, 0.25) is 0 Å². The summed E-state index contributed by atoms with van der Waals surface area (Å²) < 4.78 is 1.67. The van der Waals surface area contributed by atoms with Crippen LogP contribution < -0.4 is 5.32 Å². The highest BCUT2D eigenvalue weighted by atomic mass is 32.2. The smallest absolute Gasteiger partial charge is 0.284 e. The van der Waals surface area contributed by atoms with Crippen molar-refractivity contribution in [2.75, 3.05) is 27.2 Å². The molecule has 9 nitrogen and oxygen atoms in total. The van der Waals surface area contributed by atoms with Gasteiger partial charge in [-0.15, -0.1) is 10.2 Å². The molecule has 2 rings (SSSR count). The van der Waals surface area contributed by atoms with Gasteiger partial charge in [0, 0.05) is 38.8 Å². The maximum atomic E-state index is 12.4. The summed E-state index contributed by atoms with van der Waals surface area (Å²) in [5, 5.41) is 22.5. The molecule has 0 spiro atoms. The van der Waals surface area contributed by atoms with Crippen molar-refractivity contribution in [2.24, 2.45) is 7.05 Å². The number of amides is 1. The number of aromatic nitrogens is 3. The lowest BCUT2D eigenvalue weighted by atomic mass is 10.2. The molecule has 1 aromatic carbocycles. The summed E-state index contributed by atoms with van der Waals surface area (Å²) in [6, 6.07) is 4.46. The number of likely N-dealkylation sites (N-methyl/N-ethyl adjacent to an activating group) is 2. The fourth-order valence-electron chi connectivity index (χ4n) is 1.94. The number of nitrogens with zero attached hydrogens (tertiary/aromatic N) is 5. The van der Waals surface area contributed by atoms with Crippen molar-refractivity contribution in [3.05, 3.63) is 40.2 Å². The van der Waals surface area contributed by atoms with Crippen LogP contribution in [0, 0.1) is 10.1 Å². The van der Waals surface area contributed by atoms with Crippen LogP contribution in [-0.4, -0.2) is 57.7 Å². The van der Waals surface area contributed by atoms with Crippen LogP contribution in [0.25, 0.3) is 0 Å². The van der Waals surface area contributed by atoms with Crippen LogP contribution in [0.3, 0.4) is 0 Å². The first-order chi connectivity index (χ1) is 11.4. The number of nitrogens with one attached hydrogen (secondary N) is 1. The maximum Gasteiger partial charge on any atom is 0.284 e. The van der Waals surface area contributed by atoms with Crippen LogP contribution in [0.4, 0.5) is 5.69 Å². The molecule has 2 aromatic rings. The molecular weight excluding hydrogens is 332 g/mol. The van der Waals surface area contributed by atoms with Crippen molar-refractivity contribution in [3.8, 4) is 0 Å². The van der Waals surface area contributed by atoms with E-state index in [0.717, 1.165) is 11.8 Å². The minimum atomic E-state index is -0.497. The van der Waals surface area contributed by atoms with Gasteiger partial charge in [0.25, 0.3) is 11.6 Å². The lowest BCUT2D eigenvalue weighted by Gasteiger charge is -2.17. The van der Waals surface area contributed by atoms with E-state index in [-0.39, 0.29) is 17.2 Å². The third kappa shape index (κ3) is 4.09. The van der Waals surface area contributed by atoms with Crippen LogP contribution in [0.5, 0.6) is 0 Å². The number of hydrogen-bond donors (Lipinski definition) is 1. The van der Waals surface area contributed by atoms with Gasteiger partial charge in [-0.3, -0.25) is 14.9 Å². The molecule has 1 amide bonds. The van der Waals surface area contributed by atoms with E-state index in [1.165, 1.54) is 17.3 Å². The van der Waals surface area contributed by atoms with Crippen LogP contribution in [-0.2, 0) is 7.05 Å². The quantitative estimate of drug-likeness (QED) is 0.590. The second-order valence-electron chi connectivity index (χ2n) is 5.10. The van der Waals surface area contributed by atoms with E-state index in [9.17, 15) is 14.9 Å². The van der Waals surface area contributed by atoms with E-state index in [0.29, 0.717) is 23.1 Å². The van der Waals surface area contributed by atoms with Crippen LogP contribution in [0.15, 0.2) is 34.6 Å². The van der Waals surface area contributed by atoms with Gasteiger partial charge in [-0.1, -0.05) is 0 Å². The van der Waals surface area contributed by atoms with Gasteiger partial charge in [0.15, 0.2) is 5.16 Å². The summed E-state index contributed by atoms with van der Waals surface area (Å²) >= 11 is 1.13. The predicted molar refractivity (Wildman–Crippen MR) is 89.1 cm³/mol. The van der Waals surface area contributed by atoms with Gasteiger partial charge in [-0.2, -0.15) is 0 Å². The van der Waals surface area contributed by atoms with Crippen LogP contribution in [0.2, 0.25) is 0 Å². The van der Waals surface area contributed by atoms with Gasteiger partial charge in [-0.05, 0) is 30.9 Å². The first-order valence-electron chi connectivity index (χ1n) is 7.14. The molecule has 10 heteroatoms. The number of rotatable bonds is 7. The molecule has 0 fully saturated rings. The highest BCUT2D eigenvalue weighted by Crippen LogP contribution is 2.34. The van der Waals surface area contributed by atoms with E-state index in [4.69, 9.17) is 0 Å². The van der Waals surface area contributed by atoms with E-state index in [1.807, 2.05) is 0 Å². The van der Waals surface area contributed by atoms with Crippen molar-refractivity contribution >= 4 is 23.4 Å². The molecule has 1 N–H and O–H groups in total. The molecule has 0 atom stereocenters. The Morgan fingerprint density at radius 1 is 1.50 bits per heavy atom. The summed E-state index contributed by atoms with van der Waals surface area (Å²) in [6.07, 6.45) is 1.52. The predicted octanol–water partition coefficient (Wildman–Crippen LogP) is 1.17. The SMILES string of the molecule is CNCCN(C)C(=O)c1ccc(Sc2nncn2C)c([N+](=O)[O-])c1. The lowest BCUT2D eigenvalue weighted by molar-refractivity contribution is -0.387. The van der Waals surface area contributed by atoms with Gasteiger partial charge >= 0.3 is 0 Å². The number of nitro groups is 1. The Labute approximate surface area is 143 Å². The molecule has 0 aliphatic rings. The second-order valence-corrected chi connectivity index (χ2v) is 6.11. The molecule has 0 saturated carbocycles. The molecule has 0 saturated heterocycles. The number of hydrogen-bond acceptors (Lipinski definition) is 7. The Hall–Kier alpha value is -2.46. The zero-order valence-corrected chi connectivity index (χ0v) is 14.4. The normalized spacial score (nSPS) is 10.6. The Morgan fingerprint density at radius 3 is 2.83 bits per heavy atom. The standard InChI is InChI=1S/C14H18N6O3S/c1-15-6-7-18(2)13(21)10-4-5-12(11(8-10)20(22)23)24-14-17-16-9-19(14)3/h4-5,8-9,15H,6-7H2,1-3H3. The van der Waals surface area contributed by atoms with Crippen molar-refractivity contribution in [3.63, 3.8) is 0 Å². The summed E-state index contributed by atoms with van der Waals surface area (Å²) in [7, 11) is 5.21. The molecule has 128 valence electrons. The van der Waals surface area contributed by atoms with Gasteiger partial charge in [0.05, 0.1) is 9.82 Å². The summed E-state index contributed by atoms with van der Waals surface area (Å²) in [4.78, 5) is 25.1. The zero-order chi connectivity index (χ0) is 17.7. The lowest BCUT2D eigenvalue weighted by Crippen LogP contribution is -2.32. The Balaban J connectivity index is 2.28. The van der Waals surface area contributed by atoms with Gasteiger partial charge in [-0.25, -0.2) is 0 Å². The Morgan fingerprint density at radius 2 is 2.25 bits per heavy atom. The summed E-state index contributed by atoms with van der Waals surface area (Å²) in [5.74, 6) is -0.261. The topological polar surface area (TPSA) is 106 Å². The molecule has 1 aromatic heterocycles. The maximum absolute atomic E-state index is 12.4. The highest BCUT2D eigenvalue weighted by molar-refractivity contribution is 7.99. The van der Waals surface area contributed by atoms with Crippen LogP contribution >= 0.6 is 11.8 Å². The highest BCUT2D eigenvalue weighted by Gasteiger charge is 2.21. The first-order valence-corrected chi connectivity index (χ1v) is 7.96. The Kier molecular flexibility index (Phi) is 5.88. The van der Waals surface area contributed by atoms with Gasteiger partial charge < -0.3 is 14.8 Å². The fourth-order valence-corrected chi connectivity index (χ4v) is 2.79. The van der Waals surface area contributed by atoms with Crippen LogP contribution in [0.1, 0.15) is 10.4 Å². The second kappa shape index (κ2) is 7.88. The monoisotopic (exact) mass is 350 g/mol. The van der Waals surface area contributed by atoms with E-state index in [1.54, 1.807) is 37.8 Å². The minimum absolute atomic E-state index is 0.129. The van der Waals surface area contributed by atoms with E-state index < -0.39 is 4.92 Å². The molecule has 24 heavy (non-hydrogen) atoms.